The fourth-order valence-corrected chi connectivity index (χ4v) is 4.86. The molecular weight excluding hydrogens is 432 g/mol. The Bertz CT molecular complexity index is 935. The van der Waals surface area contributed by atoms with E-state index in [1.165, 1.54) is 6.08 Å². The summed E-state index contributed by atoms with van der Waals surface area (Å²) >= 11 is 3.44. The Hall–Kier alpha value is -2.01. The second kappa shape index (κ2) is 8.39. The molecule has 2 aliphatic rings. The first-order valence-corrected chi connectivity index (χ1v) is 11.0. The lowest BCUT2D eigenvalue weighted by Gasteiger charge is -2.24. The number of phenols is 1. The van der Waals surface area contributed by atoms with Gasteiger partial charge in [0.2, 0.25) is 0 Å². The van der Waals surface area contributed by atoms with Gasteiger partial charge in [0.25, 0.3) is 0 Å². The fraction of sp³-hybridized carbons (Fsp3) is 0.458. The highest BCUT2D eigenvalue weighted by atomic mass is 79.9. The van der Waals surface area contributed by atoms with E-state index in [9.17, 15) is 19.5 Å². The molecule has 0 bridgehead atoms. The van der Waals surface area contributed by atoms with Crippen molar-refractivity contribution in [1.82, 2.24) is 0 Å². The van der Waals surface area contributed by atoms with Gasteiger partial charge in [-0.05, 0) is 84.8 Å². The molecule has 29 heavy (non-hydrogen) atoms. The van der Waals surface area contributed by atoms with Crippen LogP contribution in [0, 0.1) is 25.7 Å². The number of carbonyl (C=O) groups is 3. The van der Waals surface area contributed by atoms with Gasteiger partial charge in [-0.2, -0.15) is 0 Å². The summed E-state index contributed by atoms with van der Waals surface area (Å²) in [6, 6.07) is 0. The average molecular weight is 459 g/mol. The van der Waals surface area contributed by atoms with Crippen LogP contribution in [0.3, 0.4) is 0 Å². The number of Topliss-reactive ketones (excluding diaryl/α,β-unsaturated/α-hetero) is 2. The highest BCUT2D eigenvalue weighted by molar-refractivity contribution is 9.10. The first kappa shape index (κ1) is 21.7. The summed E-state index contributed by atoms with van der Waals surface area (Å²) < 4.78 is 0.424. The molecule has 3 rings (SSSR count). The van der Waals surface area contributed by atoms with E-state index in [-0.39, 0.29) is 35.4 Å². The predicted molar refractivity (Wildman–Crippen MR) is 116 cm³/mol. The van der Waals surface area contributed by atoms with Crippen molar-refractivity contribution in [2.24, 2.45) is 11.8 Å². The summed E-state index contributed by atoms with van der Waals surface area (Å²) in [4.78, 5) is 37.8. The van der Waals surface area contributed by atoms with Gasteiger partial charge in [0, 0.05) is 12.3 Å². The molecule has 5 heteroatoms. The Labute approximate surface area is 180 Å². The number of allylic oxidation sites excluding steroid dienone is 4. The molecule has 0 saturated heterocycles. The Morgan fingerprint density at radius 1 is 1.14 bits per heavy atom. The van der Waals surface area contributed by atoms with Crippen molar-refractivity contribution in [1.29, 1.82) is 0 Å². The van der Waals surface area contributed by atoms with Gasteiger partial charge < -0.3 is 5.11 Å². The van der Waals surface area contributed by atoms with Crippen molar-refractivity contribution in [3.05, 3.63) is 50.0 Å². The van der Waals surface area contributed by atoms with Gasteiger partial charge in [0.1, 0.15) is 11.5 Å². The summed E-state index contributed by atoms with van der Waals surface area (Å²) in [5.74, 6) is -0.553. The number of benzene rings is 1. The van der Waals surface area contributed by atoms with Crippen LogP contribution in [0.1, 0.15) is 66.6 Å². The van der Waals surface area contributed by atoms with Crippen LogP contribution in [0.4, 0.5) is 0 Å². The second-order valence-corrected chi connectivity index (χ2v) is 9.03. The fourth-order valence-electron chi connectivity index (χ4n) is 4.22. The lowest BCUT2D eigenvalue weighted by atomic mass is 9.79. The minimum absolute atomic E-state index is 0.00480. The molecule has 0 spiro atoms. The predicted octanol–water partition coefficient (Wildman–Crippen LogP) is 5.35. The normalized spacial score (nSPS) is 19.1. The highest BCUT2D eigenvalue weighted by Crippen LogP contribution is 2.42. The largest absolute Gasteiger partial charge is 0.506 e. The van der Waals surface area contributed by atoms with E-state index < -0.39 is 5.92 Å². The van der Waals surface area contributed by atoms with Crippen LogP contribution >= 0.6 is 15.9 Å². The highest BCUT2D eigenvalue weighted by Gasteiger charge is 2.35. The Morgan fingerprint density at radius 2 is 1.79 bits per heavy atom. The number of phenolic OH excluding ortho intramolecular Hbond substituents is 1. The minimum atomic E-state index is -0.408. The van der Waals surface area contributed by atoms with E-state index in [1.54, 1.807) is 6.08 Å². The third-order valence-corrected chi connectivity index (χ3v) is 6.88. The van der Waals surface area contributed by atoms with Crippen molar-refractivity contribution in [3.63, 3.8) is 0 Å². The maximum absolute atomic E-state index is 13.3. The van der Waals surface area contributed by atoms with Gasteiger partial charge in [-0.15, -0.1) is 0 Å². The zero-order chi connectivity index (χ0) is 21.5. The van der Waals surface area contributed by atoms with Crippen LogP contribution in [0.2, 0.25) is 0 Å². The standard InChI is InChI=1S/C24H27BrO4/c1-5-6-16-10-17(26)9-12(2)20(16)19(27)11-18-13(3)14(4)21(24(29)22(18)25)23(28)15-7-8-15/h9-10,15,20,29H,5-8,11H2,1-4H3. The van der Waals surface area contributed by atoms with E-state index in [0.717, 1.165) is 41.5 Å². The van der Waals surface area contributed by atoms with Crippen molar-refractivity contribution >= 4 is 33.3 Å². The summed E-state index contributed by atoms with van der Waals surface area (Å²) in [6.45, 7) is 7.57. The van der Waals surface area contributed by atoms with Gasteiger partial charge in [-0.3, -0.25) is 14.4 Å². The molecule has 0 aromatic heterocycles. The van der Waals surface area contributed by atoms with Gasteiger partial charge in [0.05, 0.1) is 16.0 Å². The summed E-state index contributed by atoms with van der Waals surface area (Å²) in [6.07, 6.45) is 6.54. The molecule has 1 saturated carbocycles. The number of hydrogen-bond acceptors (Lipinski definition) is 4. The molecule has 0 amide bonds. The van der Waals surface area contributed by atoms with Crippen LogP contribution in [0.15, 0.2) is 27.8 Å². The first-order chi connectivity index (χ1) is 13.7. The van der Waals surface area contributed by atoms with Gasteiger partial charge in [0.15, 0.2) is 11.6 Å². The monoisotopic (exact) mass is 458 g/mol. The van der Waals surface area contributed by atoms with Crippen molar-refractivity contribution in [2.75, 3.05) is 0 Å². The molecule has 1 aromatic carbocycles. The molecule has 1 atom stereocenters. The number of aromatic hydroxyl groups is 1. The lowest BCUT2D eigenvalue weighted by Crippen LogP contribution is -2.24. The summed E-state index contributed by atoms with van der Waals surface area (Å²) in [7, 11) is 0. The smallest absolute Gasteiger partial charge is 0.178 e. The molecular formula is C24H27BrO4. The maximum Gasteiger partial charge on any atom is 0.178 e. The van der Waals surface area contributed by atoms with Crippen molar-refractivity contribution in [3.8, 4) is 5.75 Å². The van der Waals surface area contributed by atoms with Crippen molar-refractivity contribution < 1.29 is 19.5 Å². The van der Waals surface area contributed by atoms with Gasteiger partial charge >= 0.3 is 0 Å². The number of carbonyl (C=O) groups excluding carboxylic acids is 3. The van der Waals surface area contributed by atoms with E-state index in [4.69, 9.17) is 0 Å². The van der Waals surface area contributed by atoms with E-state index in [1.807, 2.05) is 27.7 Å². The third-order valence-electron chi connectivity index (χ3n) is 6.03. The molecule has 2 aliphatic carbocycles. The van der Waals surface area contributed by atoms with E-state index >= 15 is 0 Å². The number of halogens is 1. The number of rotatable bonds is 7. The van der Waals surface area contributed by atoms with E-state index in [2.05, 4.69) is 15.9 Å². The van der Waals surface area contributed by atoms with Crippen LogP contribution in [-0.2, 0) is 16.0 Å². The molecule has 0 aliphatic heterocycles. The quantitative estimate of drug-likeness (QED) is 0.559. The lowest BCUT2D eigenvalue weighted by molar-refractivity contribution is -0.120. The van der Waals surface area contributed by atoms with Gasteiger partial charge in [-0.25, -0.2) is 0 Å². The molecule has 0 heterocycles. The minimum Gasteiger partial charge on any atom is -0.506 e. The molecule has 154 valence electrons. The Balaban J connectivity index is 1.96. The molecule has 1 fully saturated rings. The molecule has 1 unspecified atom stereocenters. The number of hydrogen-bond donors (Lipinski definition) is 1. The van der Waals surface area contributed by atoms with Crippen molar-refractivity contribution in [2.45, 2.75) is 59.8 Å². The average Bonchev–Trinajstić information content (AvgIpc) is 3.48. The number of ketones is 3. The molecule has 1 N–H and O–H groups in total. The van der Waals surface area contributed by atoms with Crippen LogP contribution in [-0.4, -0.2) is 22.5 Å². The molecule has 4 nitrogen and oxygen atoms in total. The molecule has 0 radical (unpaired) electrons. The van der Waals surface area contributed by atoms with Gasteiger partial charge in [-0.1, -0.05) is 24.5 Å². The SMILES string of the molecule is CCCC1=CC(=O)C=C(C)C1C(=O)Cc1c(C)c(C)c(C(=O)C2CC2)c(O)c1Br. The summed E-state index contributed by atoms with van der Waals surface area (Å²) in [5.41, 5.74) is 4.29. The van der Waals surface area contributed by atoms with Crippen LogP contribution < -0.4 is 0 Å². The van der Waals surface area contributed by atoms with E-state index in [0.29, 0.717) is 22.0 Å². The topological polar surface area (TPSA) is 71.4 Å². The zero-order valence-corrected chi connectivity index (χ0v) is 19.0. The summed E-state index contributed by atoms with van der Waals surface area (Å²) in [5, 5.41) is 10.7. The third kappa shape index (κ3) is 4.16. The Morgan fingerprint density at radius 3 is 2.38 bits per heavy atom. The molecule has 1 aromatic rings. The Kier molecular flexibility index (Phi) is 6.27. The van der Waals surface area contributed by atoms with Crippen LogP contribution in [0.5, 0.6) is 5.75 Å². The van der Waals surface area contributed by atoms with Crippen LogP contribution in [0.25, 0.3) is 0 Å². The second-order valence-electron chi connectivity index (χ2n) is 8.24. The zero-order valence-electron chi connectivity index (χ0n) is 17.4. The first-order valence-electron chi connectivity index (χ1n) is 10.2. The maximum atomic E-state index is 13.3.